The normalized spacial score (nSPS) is 16.9. The highest BCUT2D eigenvalue weighted by molar-refractivity contribution is 5.82. The minimum atomic E-state index is 0.572. The summed E-state index contributed by atoms with van der Waals surface area (Å²) < 4.78 is 2.23. The summed E-state index contributed by atoms with van der Waals surface area (Å²) in [6.07, 6.45) is 5.99. The molecule has 0 atom stereocenters. The maximum Gasteiger partial charge on any atom is 0.0688 e. The minimum Gasteiger partial charge on any atom is -0.262 e. The molecule has 1 saturated carbocycles. The topological polar surface area (TPSA) is 17.8 Å². The lowest BCUT2D eigenvalue weighted by atomic mass is 9.93. The van der Waals surface area contributed by atoms with Crippen LogP contribution in [0.25, 0.3) is 10.9 Å². The van der Waals surface area contributed by atoms with Gasteiger partial charge in [0.2, 0.25) is 0 Å². The fourth-order valence-corrected chi connectivity index (χ4v) is 2.52. The van der Waals surface area contributed by atoms with Crippen LogP contribution in [0.1, 0.15) is 50.6 Å². The molecule has 0 amide bonds. The van der Waals surface area contributed by atoms with Crippen LogP contribution in [0.15, 0.2) is 24.4 Å². The third-order valence-corrected chi connectivity index (χ3v) is 3.72. The van der Waals surface area contributed by atoms with Crippen molar-refractivity contribution in [1.29, 1.82) is 0 Å². The zero-order valence-electron chi connectivity index (χ0n) is 9.98. The SMILES string of the molecule is CC(C)c1cccc2c1cnn2C1CCC1. The van der Waals surface area contributed by atoms with E-state index in [9.17, 15) is 0 Å². The molecule has 0 N–H and O–H groups in total. The predicted molar refractivity (Wildman–Crippen MR) is 66.7 cm³/mol. The fraction of sp³-hybridized carbons (Fsp3) is 0.500. The smallest absolute Gasteiger partial charge is 0.0688 e. The standard InChI is InChI=1S/C14H18N2/c1-10(2)12-7-4-8-14-13(12)9-15-16(14)11-5-3-6-11/h4,7-11H,3,5-6H2,1-2H3. The fourth-order valence-electron chi connectivity index (χ4n) is 2.52. The number of hydrogen-bond acceptors (Lipinski definition) is 1. The molecular weight excluding hydrogens is 196 g/mol. The number of nitrogens with zero attached hydrogens (tertiary/aromatic N) is 2. The first-order valence-corrected chi connectivity index (χ1v) is 6.23. The Morgan fingerprint density at radius 2 is 2.12 bits per heavy atom. The Morgan fingerprint density at radius 1 is 1.31 bits per heavy atom. The Hall–Kier alpha value is -1.31. The van der Waals surface area contributed by atoms with Gasteiger partial charge >= 0.3 is 0 Å². The molecular formula is C14H18N2. The Morgan fingerprint density at radius 3 is 2.75 bits per heavy atom. The van der Waals surface area contributed by atoms with E-state index in [1.165, 1.54) is 35.7 Å². The molecule has 84 valence electrons. The first kappa shape index (κ1) is 9.88. The summed E-state index contributed by atoms with van der Waals surface area (Å²) in [4.78, 5) is 0. The summed E-state index contributed by atoms with van der Waals surface area (Å²) in [5.41, 5.74) is 2.74. The Bertz CT molecular complexity index is 506. The van der Waals surface area contributed by atoms with Gasteiger partial charge in [0.25, 0.3) is 0 Å². The number of rotatable bonds is 2. The zero-order valence-corrected chi connectivity index (χ0v) is 9.98. The molecule has 3 rings (SSSR count). The molecule has 0 bridgehead atoms. The number of benzene rings is 1. The van der Waals surface area contributed by atoms with Crippen LogP contribution in [0.3, 0.4) is 0 Å². The molecule has 1 aromatic carbocycles. The lowest BCUT2D eigenvalue weighted by Crippen LogP contribution is -2.17. The highest BCUT2D eigenvalue weighted by Gasteiger charge is 2.22. The molecule has 0 saturated heterocycles. The van der Waals surface area contributed by atoms with E-state index in [0.717, 1.165) is 0 Å². The van der Waals surface area contributed by atoms with Crippen molar-refractivity contribution < 1.29 is 0 Å². The van der Waals surface area contributed by atoms with Gasteiger partial charge in [0.05, 0.1) is 17.8 Å². The average molecular weight is 214 g/mol. The average Bonchev–Trinajstić information content (AvgIpc) is 2.59. The van der Waals surface area contributed by atoms with E-state index in [1.54, 1.807) is 0 Å². The Kier molecular flexibility index (Phi) is 2.23. The molecule has 1 heterocycles. The van der Waals surface area contributed by atoms with Crippen LogP contribution < -0.4 is 0 Å². The molecule has 2 heteroatoms. The van der Waals surface area contributed by atoms with Gasteiger partial charge in [-0.2, -0.15) is 5.10 Å². The van der Waals surface area contributed by atoms with Crippen LogP contribution in [0.4, 0.5) is 0 Å². The van der Waals surface area contributed by atoms with Crippen LogP contribution in [0, 0.1) is 0 Å². The third kappa shape index (κ3) is 1.36. The second kappa shape index (κ2) is 3.62. The number of aromatic nitrogens is 2. The predicted octanol–water partition coefficient (Wildman–Crippen LogP) is 3.88. The van der Waals surface area contributed by atoms with Crippen LogP contribution in [0.5, 0.6) is 0 Å². The van der Waals surface area contributed by atoms with Gasteiger partial charge < -0.3 is 0 Å². The first-order valence-electron chi connectivity index (χ1n) is 6.23. The van der Waals surface area contributed by atoms with Crippen molar-refractivity contribution in [3.63, 3.8) is 0 Å². The molecule has 0 aliphatic heterocycles. The molecule has 0 radical (unpaired) electrons. The second-order valence-corrected chi connectivity index (χ2v) is 5.11. The summed E-state index contributed by atoms with van der Waals surface area (Å²) in [7, 11) is 0. The quantitative estimate of drug-likeness (QED) is 0.741. The van der Waals surface area contributed by atoms with E-state index in [0.29, 0.717) is 12.0 Å². The number of hydrogen-bond donors (Lipinski definition) is 0. The molecule has 2 aromatic rings. The molecule has 0 unspecified atom stereocenters. The van der Waals surface area contributed by atoms with E-state index in [1.807, 2.05) is 6.20 Å². The highest BCUT2D eigenvalue weighted by atomic mass is 15.3. The van der Waals surface area contributed by atoms with Crippen molar-refractivity contribution >= 4 is 10.9 Å². The number of fused-ring (bicyclic) bond motifs is 1. The molecule has 1 fully saturated rings. The summed E-state index contributed by atoms with van der Waals surface area (Å²) in [5.74, 6) is 0.572. The van der Waals surface area contributed by atoms with E-state index in [2.05, 4.69) is 41.8 Å². The van der Waals surface area contributed by atoms with Crippen molar-refractivity contribution in [1.82, 2.24) is 9.78 Å². The van der Waals surface area contributed by atoms with Crippen molar-refractivity contribution in [2.75, 3.05) is 0 Å². The van der Waals surface area contributed by atoms with Crippen LogP contribution in [-0.4, -0.2) is 9.78 Å². The molecule has 2 nitrogen and oxygen atoms in total. The zero-order chi connectivity index (χ0) is 11.1. The van der Waals surface area contributed by atoms with Crippen molar-refractivity contribution in [3.05, 3.63) is 30.0 Å². The van der Waals surface area contributed by atoms with Gasteiger partial charge in [0.1, 0.15) is 0 Å². The van der Waals surface area contributed by atoms with E-state index in [-0.39, 0.29) is 0 Å². The van der Waals surface area contributed by atoms with Crippen LogP contribution in [-0.2, 0) is 0 Å². The monoisotopic (exact) mass is 214 g/mol. The van der Waals surface area contributed by atoms with Crippen molar-refractivity contribution in [2.45, 2.75) is 45.1 Å². The van der Waals surface area contributed by atoms with Crippen LogP contribution >= 0.6 is 0 Å². The van der Waals surface area contributed by atoms with Crippen LogP contribution in [0.2, 0.25) is 0 Å². The molecule has 1 aliphatic rings. The summed E-state index contributed by atoms with van der Waals surface area (Å²) in [5, 5.41) is 5.91. The molecule has 1 aliphatic carbocycles. The van der Waals surface area contributed by atoms with Crippen molar-refractivity contribution in [3.8, 4) is 0 Å². The Balaban J connectivity index is 2.16. The maximum atomic E-state index is 4.58. The first-order chi connectivity index (χ1) is 7.77. The van der Waals surface area contributed by atoms with Gasteiger partial charge in [-0.05, 0) is 36.8 Å². The lowest BCUT2D eigenvalue weighted by Gasteiger charge is -2.26. The minimum absolute atomic E-state index is 0.572. The van der Waals surface area contributed by atoms with Gasteiger partial charge in [-0.3, -0.25) is 4.68 Å². The highest BCUT2D eigenvalue weighted by Crippen LogP contribution is 2.35. The van der Waals surface area contributed by atoms with E-state index in [4.69, 9.17) is 0 Å². The molecule has 1 aromatic heterocycles. The lowest BCUT2D eigenvalue weighted by molar-refractivity contribution is 0.297. The molecule has 16 heavy (non-hydrogen) atoms. The third-order valence-electron chi connectivity index (χ3n) is 3.72. The largest absolute Gasteiger partial charge is 0.262 e. The summed E-state index contributed by atoms with van der Waals surface area (Å²) in [6.45, 7) is 4.49. The summed E-state index contributed by atoms with van der Waals surface area (Å²) >= 11 is 0. The van der Waals surface area contributed by atoms with E-state index < -0.39 is 0 Å². The maximum absolute atomic E-state index is 4.58. The second-order valence-electron chi connectivity index (χ2n) is 5.11. The van der Waals surface area contributed by atoms with Gasteiger partial charge in [-0.15, -0.1) is 0 Å². The van der Waals surface area contributed by atoms with Crippen molar-refractivity contribution in [2.24, 2.45) is 0 Å². The molecule has 0 spiro atoms. The Labute approximate surface area is 96.3 Å². The van der Waals surface area contributed by atoms with Gasteiger partial charge in [0.15, 0.2) is 0 Å². The summed E-state index contributed by atoms with van der Waals surface area (Å²) in [6, 6.07) is 7.24. The van der Waals surface area contributed by atoms with Gasteiger partial charge in [-0.25, -0.2) is 0 Å². The van der Waals surface area contributed by atoms with E-state index >= 15 is 0 Å². The van der Waals surface area contributed by atoms with Gasteiger partial charge in [0, 0.05) is 5.39 Å². The van der Waals surface area contributed by atoms with Gasteiger partial charge in [-0.1, -0.05) is 26.0 Å².